The summed E-state index contributed by atoms with van der Waals surface area (Å²) in [6, 6.07) is 15.0. The lowest BCUT2D eigenvalue weighted by Gasteiger charge is -2.19. The van der Waals surface area contributed by atoms with Crippen molar-refractivity contribution >= 4 is 11.8 Å². The maximum Gasteiger partial charge on any atom is 0.236 e. The van der Waals surface area contributed by atoms with Crippen LogP contribution in [0.3, 0.4) is 0 Å². The summed E-state index contributed by atoms with van der Waals surface area (Å²) in [7, 11) is 0. The van der Waals surface area contributed by atoms with Crippen molar-refractivity contribution in [2.45, 2.75) is 51.6 Å². The third-order valence-corrected chi connectivity index (χ3v) is 4.62. The third-order valence-electron chi connectivity index (χ3n) is 4.62. The lowest BCUT2D eigenvalue weighted by atomic mass is 10.0. The van der Waals surface area contributed by atoms with Gasteiger partial charge >= 0.3 is 0 Å². The zero-order valence-corrected chi connectivity index (χ0v) is 17.3. The smallest absolute Gasteiger partial charge is 0.236 e. The fourth-order valence-corrected chi connectivity index (χ4v) is 3.14. The van der Waals surface area contributed by atoms with Gasteiger partial charge in [0.25, 0.3) is 0 Å². The van der Waals surface area contributed by atoms with Gasteiger partial charge in [0.1, 0.15) is 0 Å². The summed E-state index contributed by atoms with van der Waals surface area (Å²) >= 11 is 0. The van der Waals surface area contributed by atoms with Crippen molar-refractivity contribution < 1.29 is 9.59 Å². The topological polar surface area (TPSA) is 97.1 Å². The van der Waals surface area contributed by atoms with E-state index in [4.69, 9.17) is 5.73 Å². The fourth-order valence-electron chi connectivity index (χ4n) is 3.14. The number of pyridine rings is 1. The summed E-state index contributed by atoms with van der Waals surface area (Å²) in [6.07, 6.45) is 3.93. The summed E-state index contributed by atoms with van der Waals surface area (Å²) in [5, 5.41) is 5.92. The molecule has 2 rings (SSSR count). The van der Waals surface area contributed by atoms with Crippen LogP contribution in [0.4, 0.5) is 0 Å². The largest absolute Gasteiger partial charge is 0.355 e. The molecule has 0 aliphatic heterocycles. The first-order chi connectivity index (χ1) is 14.0. The summed E-state index contributed by atoms with van der Waals surface area (Å²) < 4.78 is 0. The van der Waals surface area contributed by atoms with Gasteiger partial charge in [0.15, 0.2) is 0 Å². The highest BCUT2D eigenvalue weighted by atomic mass is 16.2. The van der Waals surface area contributed by atoms with Gasteiger partial charge in [-0.1, -0.05) is 50.2 Å². The first-order valence-electron chi connectivity index (χ1n) is 10.2. The number of amides is 2. The van der Waals surface area contributed by atoms with Crippen molar-refractivity contribution in [3.8, 4) is 0 Å². The molecule has 0 saturated heterocycles. The highest BCUT2D eigenvalue weighted by Crippen LogP contribution is 2.17. The molecule has 29 heavy (non-hydrogen) atoms. The molecule has 1 unspecified atom stereocenters. The Balaban J connectivity index is 1.83. The molecule has 0 aliphatic rings. The Labute approximate surface area is 173 Å². The maximum atomic E-state index is 12.5. The molecule has 1 aromatic carbocycles. The standard InChI is InChI=1S/C23H32N4O2/c1-17(2)15-20(24)23(29)26-14-8-12-22(28)27-21(18-9-4-3-5-10-18)16-19-11-6-7-13-25-19/h3-7,9-11,13,17,20-21H,8,12,14-16,24H2,1-2H3,(H,26,29)(H,27,28)/t20-,21?/m0/s1. The number of rotatable bonds is 11. The Morgan fingerprint density at radius 2 is 1.79 bits per heavy atom. The number of nitrogens with one attached hydrogen (secondary N) is 2. The maximum absolute atomic E-state index is 12.5. The van der Waals surface area contributed by atoms with E-state index in [1.807, 2.05) is 62.4 Å². The Morgan fingerprint density at radius 3 is 2.45 bits per heavy atom. The molecular weight excluding hydrogens is 364 g/mol. The van der Waals surface area contributed by atoms with E-state index in [1.165, 1.54) is 0 Å². The van der Waals surface area contributed by atoms with Crippen LogP contribution in [0.2, 0.25) is 0 Å². The lowest BCUT2D eigenvalue weighted by molar-refractivity contribution is -0.124. The van der Waals surface area contributed by atoms with Crippen LogP contribution >= 0.6 is 0 Å². The number of hydrogen-bond donors (Lipinski definition) is 3. The Hall–Kier alpha value is -2.73. The molecule has 2 aromatic rings. The van der Waals surface area contributed by atoms with Gasteiger partial charge in [-0.2, -0.15) is 0 Å². The molecule has 2 atom stereocenters. The van der Waals surface area contributed by atoms with Crippen LogP contribution in [-0.4, -0.2) is 29.4 Å². The normalized spacial score (nSPS) is 13.0. The number of nitrogens with zero attached hydrogens (tertiary/aromatic N) is 1. The zero-order chi connectivity index (χ0) is 21.1. The Bertz CT molecular complexity index is 750. The number of carbonyl (C=O) groups excluding carboxylic acids is 2. The number of benzene rings is 1. The number of nitrogens with two attached hydrogens (primary N) is 1. The summed E-state index contributed by atoms with van der Waals surface area (Å²) in [4.78, 5) is 28.8. The highest BCUT2D eigenvalue weighted by molar-refractivity contribution is 5.81. The second kappa shape index (κ2) is 12.0. The Kier molecular flexibility index (Phi) is 9.31. The molecule has 6 nitrogen and oxygen atoms in total. The summed E-state index contributed by atoms with van der Waals surface area (Å²) in [5.74, 6) is 0.169. The van der Waals surface area contributed by atoms with Crippen molar-refractivity contribution in [2.75, 3.05) is 6.54 Å². The minimum Gasteiger partial charge on any atom is -0.355 e. The van der Waals surface area contributed by atoms with E-state index in [0.29, 0.717) is 38.1 Å². The number of aromatic nitrogens is 1. The third kappa shape index (κ3) is 8.44. The van der Waals surface area contributed by atoms with Gasteiger partial charge < -0.3 is 16.4 Å². The molecule has 0 radical (unpaired) electrons. The van der Waals surface area contributed by atoms with Crippen LogP contribution in [0.1, 0.15) is 50.4 Å². The molecule has 6 heteroatoms. The first kappa shape index (κ1) is 22.6. The monoisotopic (exact) mass is 396 g/mol. The zero-order valence-electron chi connectivity index (χ0n) is 17.3. The quantitative estimate of drug-likeness (QED) is 0.509. The highest BCUT2D eigenvalue weighted by Gasteiger charge is 2.17. The Morgan fingerprint density at radius 1 is 1.07 bits per heavy atom. The van der Waals surface area contributed by atoms with Crippen molar-refractivity contribution in [1.82, 2.24) is 15.6 Å². The average molecular weight is 397 g/mol. The van der Waals surface area contributed by atoms with Crippen LogP contribution in [0.25, 0.3) is 0 Å². The predicted molar refractivity (Wildman–Crippen MR) is 115 cm³/mol. The molecule has 2 amide bonds. The SMILES string of the molecule is CC(C)C[C@H](N)C(=O)NCCCC(=O)NC(Cc1ccccn1)c1ccccc1. The van der Waals surface area contributed by atoms with E-state index in [0.717, 1.165) is 11.3 Å². The number of carbonyl (C=O) groups is 2. The van der Waals surface area contributed by atoms with Crippen molar-refractivity contribution in [3.05, 3.63) is 66.0 Å². The first-order valence-corrected chi connectivity index (χ1v) is 10.2. The lowest BCUT2D eigenvalue weighted by Crippen LogP contribution is -2.41. The molecule has 1 aromatic heterocycles. The molecule has 0 aliphatic carbocycles. The molecule has 4 N–H and O–H groups in total. The second-order valence-electron chi connectivity index (χ2n) is 7.69. The molecule has 0 spiro atoms. The van der Waals surface area contributed by atoms with Crippen LogP contribution in [0.15, 0.2) is 54.7 Å². The van der Waals surface area contributed by atoms with Crippen molar-refractivity contribution in [2.24, 2.45) is 11.7 Å². The van der Waals surface area contributed by atoms with Crippen molar-refractivity contribution in [3.63, 3.8) is 0 Å². The van der Waals surface area contributed by atoms with E-state index in [-0.39, 0.29) is 17.9 Å². The second-order valence-corrected chi connectivity index (χ2v) is 7.69. The predicted octanol–water partition coefficient (Wildman–Crippen LogP) is 2.75. The van der Waals surface area contributed by atoms with Gasteiger partial charge in [0, 0.05) is 31.3 Å². The molecular formula is C23H32N4O2. The minimum atomic E-state index is -0.496. The van der Waals surface area contributed by atoms with Gasteiger partial charge in [-0.15, -0.1) is 0 Å². The van der Waals surface area contributed by atoms with Gasteiger partial charge in [-0.3, -0.25) is 14.6 Å². The van der Waals surface area contributed by atoms with Gasteiger partial charge in [0.2, 0.25) is 11.8 Å². The van der Waals surface area contributed by atoms with Crippen LogP contribution in [0, 0.1) is 5.92 Å². The summed E-state index contributed by atoms with van der Waals surface area (Å²) in [6.45, 7) is 4.51. The van der Waals surface area contributed by atoms with E-state index in [1.54, 1.807) is 6.20 Å². The van der Waals surface area contributed by atoms with Crippen LogP contribution in [-0.2, 0) is 16.0 Å². The van der Waals surface area contributed by atoms with Crippen LogP contribution in [0.5, 0.6) is 0 Å². The molecule has 0 saturated carbocycles. The van der Waals surface area contributed by atoms with E-state index in [2.05, 4.69) is 15.6 Å². The molecule has 0 fully saturated rings. The molecule has 1 heterocycles. The fraction of sp³-hybridized carbons (Fsp3) is 0.435. The summed E-state index contributed by atoms with van der Waals surface area (Å²) in [5.41, 5.74) is 7.83. The average Bonchev–Trinajstić information content (AvgIpc) is 2.71. The number of hydrogen-bond acceptors (Lipinski definition) is 4. The van der Waals surface area contributed by atoms with E-state index < -0.39 is 6.04 Å². The van der Waals surface area contributed by atoms with Crippen molar-refractivity contribution in [1.29, 1.82) is 0 Å². The van der Waals surface area contributed by atoms with E-state index in [9.17, 15) is 9.59 Å². The molecule has 0 bridgehead atoms. The van der Waals surface area contributed by atoms with Gasteiger partial charge in [0.05, 0.1) is 12.1 Å². The van der Waals surface area contributed by atoms with Gasteiger partial charge in [-0.05, 0) is 36.5 Å². The minimum absolute atomic E-state index is 0.0458. The molecule has 156 valence electrons. The van der Waals surface area contributed by atoms with Gasteiger partial charge in [-0.25, -0.2) is 0 Å². The van der Waals surface area contributed by atoms with Crippen LogP contribution < -0.4 is 16.4 Å². The van der Waals surface area contributed by atoms with E-state index >= 15 is 0 Å².